The van der Waals surface area contributed by atoms with Gasteiger partial charge in [0.25, 0.3) is 0 Å². The molecule has 0 atom stereocenters. The van der Waals surface area contributed by atoms with Gasteiger partial charge < -0.3 is 4.57 Å². The van der Waals surface area contributed by atoms with Crippen molar-refractivity contribution in [3.05, 3.63) is 212 Å². The molecule has 6 heteroatoms. The largest absolute Gasteiger partial charge is 0.309 e. The fourth-order valence-electron chi connectivity index (χ4n) is 7.76. The van der Waals surface area contributed by atoms with Crippen molar-refractivity contribution in [2.45, 2.75) is 0 Å². The first kappa shape index (κ1) is 35.1. The minimum atomic E-state index is -3.16. The molecule has 274 valence electrons. The maximum absolute atomic E-state index is 15.1. The zero-order valence-electron chi connectivity index (χ0n) is 31.4. The predicted octanol–water partition coefficient (Wildman–Crippen LogP) is 11.5. The fourth-order valence-corrected chi connectivity index (χ4v) is 10.4. The number of hydrogen-bond acceptors (Lipinski definition) is 5. The lowest BCUT2D eigenvalue weighted by atomic mass is 9.92. The lowest BCUT2D eigenvalue weighted by molar-refractivity contribution is 0.592. The molecule has 8 aromatic carbocycles. The van der Waals surface area contributed by atoms with E-state index in [1.807, 2.05) is 133 Å². The highest BCUT2D eigenvalue weighted by Gasteiger charge is 2.29. The van der Waals surface area contributed by atoms with Gasteiger partial charge >= 0.3 is 0 Å². The molecule has 0 saturated heterocycles. The highest BCUT2D eigenvalue weighted by Crippen LogP contribution is 2.43. The van der Waals surface area contributed by atoms with Crippen molar-refractivity contribution in [2.75, 3.05) is 0 Å². The second-order valence-electron chi connectivity index (χ2n) is 14.2. The molecule has 0 N–H and O–H groups in total. The van der Waals surface area contributed by atoms with Gasteiger partial charge in [0.1, 0.15) is 0 Å². The van der Waals surface area contributed by atoms with Gasteiger partial charge in [-0.1, -0.05) is 194 Å². The fraction of sp³-hybridized carbons (Fsp3) is 0. The zero-order chi connectivity index (χ0) is 38.9. The van der Waals surface area contributed by atoms with Crippen LogP contribution >= 0.6 is 7.14 Å². The number of benzene rings is 8. The highest BCUT2D eigenvalue weighted by molar-refractivity contribution is 7.85. The molecular formula is C52H35N4OP. The minimum absolute atomic E-state index is 0.525. The van der Waals surface area contributed by atoms with Crippen molar-refractivity contribution in [3.63, 3.8) is 0 Å². The van der Waals surface area contributed by atoms with Crippen LogP contribution < -0.4 is 15.9 Å². The summed E-state index contributed by atoms with van der Waals surface area (Å²) in [5.41, 5.74) is 7.67. The van der Waals surface area contributed by atoms with Crippen molar-refractivity contribution in [3.8, 4) is 56.5 Å². The van der Waals surface area contributed by atoms with Crippen LogP contribution in [0, 0.1) is 0 Å². The topological polar surface area (TPSA) is 68.6 Å². The number of hydrogen-bond donors (Lipinski definition) is 0. The molecule has 0 aliphatic heterocycles. The van der Waals surface area contributed by atoms with Crippen molar-refractivity contribution >= 4 is 44.7 Å². The van der Waals surface area contributed by atoms with E-state index in [2.05, 4.69) is 78.9 Å². The first-order chi connectivity index (χ1) is 28.6. The summed E-state index contributed by atoms with van der Waals surface area (Å²) in [6.45, 7) is 0. The first-order valence-corrected chi connectivity index (χ1v) is 21.0. The molecule has 0 bridgehead atoms. The van der Waals surface area contributed by atoms with Crippen LogP contribution in [0.25, 0.3) is 78.2 Å². The molecule has 0 saturated carbocycles. The molecule has 0 fully saturated rings. The lowest BCUT2D eigenvalue weighted by Gasteiger charge is -2.20. The second-order valence-corrected chi connectivity index (χ2v) is 16.9. The summed E-state index contributed by atoms with van der Waals surface area (Å²) in [6, 6.07) is 70.9. The lowest BCUT2D eigenvalue weighted by Crippen LogP contribution is -2.24. The second kappa shape index (κ2) is 15.0. The van der Waals surface area contributed by atoms with Crippen LogP contribution in [0.4, 0.5) is 0 Å². The number of aromatic nitrogens is 4. The molecule has 10 aromatic rings. The van der Waals surface area contributed by atoms with E-state index in [0.717, 1.165) is 76.7 Å². The minimum Gasteiger partial charge on any atom is -0.309 e. The standard InChI is InChI=1S/C52H35N4OP/c57-58(41-23-12-4-13-24-41,42-25-14-5-15-26-42)43-32-29-39(30-33-43)51-54-50(38-21-10-3-11-22-38)55-52(56-51)40-31-34-47-46(35-40)48-44(36-17-6-1-7-18-36)27-16-28-45(48)49(53-47)37-19-8-2-9-20-37/h1-35H. The SMILES string of the molecule is O=P(c1ccccc1)(c1ccccc1)c1ccc(-c2nc(-c3ccccc3)nc(-c3ccc4nc(-c5ccccc5)c5cccc(-c6ccccc6)c5c4c3)n2)cc1. The molecule has 0 radical (unpaired) electrons. The Kier molecular flexibility index (Phi) is 9.06. The summed E-state index contributed by atoms with van der Waals surface area (Å²) in [5.74, 6) is 1.64. The third-order valence-corrected chi connectivity index (χ3v) is 13.7. The summed E-state index contributed by atoms with van der Waals surface area (Å²) in [7, 11) is -3.16. The van der Waals surface area contributed by atoms with Gasteiger partial charge in [0.2, 0.25) is 0 Å². The van der Waals surface area contributed by atoms with Gasteiger partial charge in [-0.3, -0.25) is 0 Å². The van der Waals surface area contributed by atoms with Gasteiger partial charge in [0.15, 0.2) is 24.6 Å². The number of nitrogens with zero attached hydrogens (tertiary/aromatic N) is 4. The molecule has 5 nitrogen and oxygen atoms in total. The summed E-state index contributed by atoms with van der Waals surface area (Å²) in [4.78, 5) is 20.5. The van der Waals surface area contributed by atoms with Crippen LogP contribution in [0.1, 0.15) is 0 Å². The Hall–Kier alpha value is -7.33. The predicted molar refractivity (Wildman–Crippen MR) is 239 cm³/mol. The van der Waals surface area contributed by atoms with Crippen molar-refractivity contribution in [2.24, 2.45) is 0 Å². The van der Waals surface area contributed by atoms with Gasteiger partial charge in [0.05, 0.1) is 11.2 Å². The number of rotatable bonds is 8. The van der Waals surface area contributed by atoms with Gasteiger partial charge in [-0.25, -0.2) is 19.9 Å². The Morgan fingerprint density at radius 1 is 0.328 bits per heavy atom. The van der Waals surface area contributed by atoms with Crippen LogP contribution in [0.3, 0.4) is 0 Å². The molecule has 0 amide bonds. The highest BCUT2D eigenvalue weighted by atomic mass is 31.2. The van der Waals surface area contributed by atoms with Crippen LogP contribution in [-0.2, 0) is 4.57 Å². The van der Waals surface area contributed by atoms with Gasteiger partial charge in [-0.2, -0.15) is 0 Å². The number of fused-ring (bicyclic) bond motifs is 3. The van der Waals surface area contributed by atoms with E-state index in [-0.39, 0.29) is 0 Å². The zero-order valence-corrected chi connectivity index (χ0v) is 32.2. The molecule has 2 heterocycles. The van der Waals surface area contributed by atoms with Crippen molar-refractivity contribution < 1.29 is 4.57 Å². The summed E-state index contributed by atoms with van der Waals surface area (Å²) in [6.07, 6.45) is 0. The molecule has 0 aliphatic carbocycles. The Morgan fingerprint density at radius 2 is 0.776 bits per heavy atom. The van der Waals surface area contributed by atoms with Crippen LogP contribution in [0.5, 0.6) is 0 Å². The van der Waals surface area contributed by atoms with Crippen molar-refractivity contribution in [1.29, 1.82) is 0 Å². The molecule has 0 unspecified atom stereocenters. The number of pyridine rings is 1. The smallest absolute Gasteiger partial charge is 0.171 e. The molecule has 0 aliphatic rings. The molecular weight excluding hydrogens is 728 g/mol. The average Bonchev–Trinajstić information content (AvgIpc) is 3.32. The normalized spacial score (nSPS) is 11.5. The summed E-state index contributed by atoms with van der Waals surface area (Å²) >= 11 is 0. The van der Waals surface area contributed by atoms with E-state index in [1.165, 1.54) is 0 Å². The van der Waals surface area contributed by atoms with E-state index in [4.69, 9.17) is 19.9 Å². The summed E-state index contributed by atoms with van der Waals surface area (Å²) < 4.78 is 15.1. The van der Waals surface area contributed by atoms with E-state index in [9.17, 15) is 0 Å². The van der Waals surface area contributed by atoms with E-state index in [0.29, 0.717) is 17.5 Å². The maximum Gasteiger partial charge on any atom is 0.171 e. The van der Waals surface area contributed by atoms with Crippen LogP contribution in [0.2, 0.25) is 0 Å². The Morgan fingerprint density at radius 3 is 1.34 bits per heavy atom. The average molecular weight is 763 g/mol. The van der Waals surface area contributed by atoms with Gasteiger partial charge in [-0.05, 0) is 29.3 Å². The van der Waals surface area contributed by atoms with E-state index < -0.39 is 7.14 Å². The molecule has 10 rings (SSSR count). The monoisotopic (exact) mass is 762 g/mol. The van der Waals surface area contributed by atoms with Crippen LogP contribution in [-0.4, -0.2) is 19.9 Å². The first-order valence-electron chi connectivity index (χ1n) is 19.2. The van der Waals surface area contributed by atoms with E-state index >= 15 is 4.57 Å². The quantitative estimate of drug-likeness (QED) is 0.114. The third-order valence-electron chi connectivity index (χ3n) is 10.6. The Balaban J connectivity index is 1.15. The summed E-state index contributed by atoms with van der Waals surface area (Å²) in [5, 5.41) is 5.51. The van der Waals surface area contributed by atoms with E-state index in [1.54, 1.807) is 0 Å². The Bertz CT molecular complexity index is 3060. The van der Waals surface area contributed by atoms with Crippen molar-refractivity contribution in [1.82, 2.24) is 19.9 Å². The molecule has 2 aromatic heterocycles. The third kappa shape index (κ3) is 6.38. The van der Waals surface area contributed by atoms with Crippen LogP contribution in [0.15, 0.2) is 212 Å². The maximum atomic E-state index is 15.1. The molecule has 58 heavy (non-hydrogen) atoms. The van der Waals surface area contributed by atoms with Gasteiger partial charge in [0, 0.05) is 54.3 Å². The van der Waals surface area contributed by atoms with Gasteiger partial charge in [-0.15, -0.1) is 0 Å². The Labute approximate surface area is 336 Å². The molecule has 0 spiro atoms.